The van der Waals surface area contributed by atoms with Gasteiger partial charge in [0.05, 0.1) is 26.0 Å². The van der Waals surface area contributed by atoms with Crippen molar-refractivity contribution in [2.45, 2.75) is 69.2 Å². The average molecular weight is 523 g/mol. The van der Waals surface area contributed by atoms with E-state index in [1.165, 1.54) is 25.3 Å². The van der Waals surface area contributed by atoms with Gasteiger partial charge in [0.25, 0.3) is 0 Å². The first kappa shape index (κ1) is 25.0. The third-order valence-electron chi connectivity index (χ3n) is 8.32. The Kier molecular flexibility index (Phi) is 6.65. The van der Waals surface area contributed by atoms with Gasteiger partial charge in [0.15, 0.2) is 0 Å². The summed E-state index contributed by atoms with van der Waals surface area (Å²) in [6.07, 6.45) is 8.99. The normalized spacial score (nSPS) is 25.4. The average Bonchev–Trinajstić information content (AvgIpc) is 3.42. The summed E-state index contributed by atoms with van der Waals surface area (Å²) < 4.78 is 34.6. The van der Waals surface area contributed by atoms with Gasteiger partial charge in [-0.3, -0.25) is 9.69 Å². The molecule has 1 saturated carbocycles. The predicted octanol–water partition coefficient (Wildman–Crippen LogP) is 4.56. The van der Waals surface area contributed by atoms with Gasteiger partial charge in [-0.05, 0) is 74.8 Å². The second-order valence-corrected chi connectivity index (χ2v) is 10.7. The molecular weight excluding hydrogens is 490 g/mol. The Hall–Kier alpha value is -3.30. The molecule has 6 rings (SSSR count). The number of fused-ring (bicyclic) bond motifs is 3. The number of ether oxygens (including phenoxy) is 1. The van der Waals surface area contributed by atoms with E-state index in [0.29, 0.717) is 28.9 Å². The first-order valence-corrected chi connectivity index (χ1v) is 13.3. The van der Waals surface area contributed by atoms with Crippen LogP contribution in [0.2, 0.25) is 0 Å². The van der Waals surface area contributed by atoms with Crippen molar-refractivity contribution in [1.29, 1.82) is 0 Å². The van der Waals surface area contributed by atoms with Gasteiger partial charge in [-0.15, -0.1) is 0 Å². The van der Waals surface area contributed by atoms with Gasteiger partial charge in [0.1, 0.15) is 23.0 Å². The van der Waals surface area contributed by atoms with E-state index in [2.05, 4.69) is 26.3 Å². The van der Waals surface area contributed by atoms with Crippen LogP contribution in [-0.4, -0.2) is 63.8 Å². The van der Waals surface area contributed by atoms with Gasteiger partial charge in [0.2, 0.25) is 5.91 Å². The van der Waals surface area contributed by atoms with Gasteiger partial charge in [-0.25, -0.2) is 13.8 Å². The van der Waals surface area contributed by atoms with Gasteiger partial charge in [-0.2, -0.15) is 0 Å². The molecule has 38 heavy (non-hydrogen) atoms. The van der Waals surface area contributed by atoms with Crippen molar-refractivity contribution in [2.75, 3.05) is 13.7 Å². The number of H-pyrrole nitrogens is 1. The standard InChI is InChI=1S/C29H32F2N4O3/c1-38-26-9-2-17(30)12-22(26)28-23-13-25(34-29(23)32-14-24(28)31)16-10-19-5-6-20(11-16)35(19)15-27(37)33-18-3-7-21(36)8-4-18/h2,9-10,12-14,18-21,36H,3-8,11,15H2,1H3,(H,32,34)(H,33,37)/t18-,19?,20?,21-. The number of carbonyl (C=O) groups is 1. The van der Waals surface area contributed by atoms with Crippen LogP contribution in [0.15, 0.2) is 36.5 Å². The highest BCUT2D eigenvalue weighted by Gasteiger charge is 2.38. The highest BCUT2D eigenvalue weighted by atomic mass is 19.1. The lowest BCUT2D eigenvalue weighted by Crippen LogP contribution is -2.48. The van der Waals surface area contributed by atoms with Crippen LogP contribution in [0, 0.1) is 11.6 Å². The smallest absolute Gasteiger partial charge is 0.234 e. The summed E-state index contributed by atoms with van der Waals surface area (Å²) in [7, 11) is 1.48. The van der Waals surface area contributed by atoms with E-state index < -0.39 is 11.6 Å². The number of aromatic nitrogens is 2. The van der Waals surface area contributed by atoms with Crippen LogP contribution in [0.3, 0.4) is 0 Å². The number of benzene rings is 1. The molecule has 200 valence electrons. The summed E-state index contributed by atoms with van der Waals surface area (Å²) in [4.78, 5) is 22.7. The molecule has 2 fully saturated rings. The molecule has 2 atom stereocenters. The van der Waals surface area contributed by atoms with Crippen LogP contribution in [0.25, 0.3) is 27.7 Å². The molecule has 7 nitrogen and oxygen atoms in total. The molecular formula is C29H32F2N4O3. The zero-order valence-electron chi connectivity index (χ0n) is 21.3. The summed E-state index contributed by atoms with van der Waals surface area (Å²) in [5.74, 6) is -0.597. The summed E-state index contributed by atoms with van der Waals surface area (Å²) in [6, 6.07) is 6.49. The molecule has 1 aromatic carbocycles. The number of nitrogens with zero attached hydrogens (tertiary/aromatic N) is 2. The summed E-state index contributed by atoms with van der Waals surface area (Å²) in [5.41, 5.74) is 3.09. The number of hydrogen-bond donors (Lipinski definition) is 3. The van der Waals surface area contributed by atoms with Crippen molar-refractivity contribution in [1.82, 2.24) is 20.2 Å². The first-order valence-electron chi connectivity index (χ1n) is 13.3. The largest absolute Gasteiger partial charge is 0.496 e. The Morgan fingerprint density at radius 1 is 1.18 bits per heavy atom. The lowest BCUT2D eigenvalue weighted by atomic mass is 9.93. The van der Waals surface area contributed by atoms with E-state index in [0.717, 1.165) is 62.4 Å². The van der Waals surface area contributed by atoms with Crippen LogP contribution in [-0.2, 0) is 4.79 Å². The Balaban J connectivity index is 1.24. The number of rotatable bonds is 6. The molecule has 1 amide bonds. The van der Waals surface area contributed by atoms with Crippen LogP contribution < -0.4 is 10.1 Å². The molecule has 2 bridgehead atoms. The summed E-state index contributed by atoms with van der Waals surface area (Å²) in [6.45, 7) is 0.362. The van der Waals surface area contributed by atoms with E-state index in [-0.39, 0.29) is 35.7 Å². The molecule has 3 aliphatic rings. The number of carbonyl (C=O) groups excluding carboxylic acids is 1. The Labute approximate surface area is 219 Å². The highest BCUT2D eigenvalue weighted by Crippen LogP contribution is 2.41. The Bertz CT molecular complexity index is 1400. The van der Waals surface area contributed by atoms with E-state index in [9.17, 15) is 14.3 Å². The Morgan fingerprint density at radius 3 is 2.76 bits per heavy atom. The van der Waals surface area contributed by atoms with Crippen molar-refractivity contribution in [2.24, 2.45) is 0 Å². The zero-order chi connectivity index (χ0) is 26.4. The molecule has 1 aliphatic carbocycles. The molecule has 9 heteroatoms. The minimum Gasteiger partial charge on any atom is -0.496 e. The van der Waals surface area contributed by atoms with Crippen LogP contribution in [0.5, 0.6) is 5.75 Å². The van der Waals surface area contributed by atoms with Crippen LogP contribution in [0.4, 0.5) is 8.78 Å². The molecule has 2 unspecified atom stereocenters. The highest BCUT2D eigenvalue weighted by molar-refractivity contribution is 5.97. The topological polar surface area (TPSA) is 90.5 Å². The number of nitrogens with one attached hydrogen (secondary N) is 2. The number of aliphatic hydroxyl groups is 1. The van der Waals surface area contributed by atoms with E-state index in [1.807, 2.05) is 6.07 Å². The maximum Gasteiger partial charge on any atom is 0.234 e. The lowest BCUT2D eigenvalue weighted by molar-refractivity contribution is -0.123. The lowest BCUT2D eigenvalue weighted by Gasteiger charge is -2.34. The van der Waals surface area contributed by atoms with Gasteiger partial charge in [-0.1, -0.05) is 6.08 Å². The fourth-order valence-corrected chi connectivity index (χ4v) is 6.40. The zero-order valence-corrected chi connectivity index (χ0v) is 21.3. The van der Waals surface area contributed by atoms with Gasteiger partial charge in [0, 0.05) is 40.3 Å². The van der Waals surface area contributed by atoms with Gasteiger partial charge < -0.3 is 20.1 Å². The van der Waals surface area contributed by atoms with E-state index in [1.54, 1.807) is 0 Å². The monoisotopic (exact) mass is 522 g/mol. The first-order chi connectivity index (χ1) is 18.4. The SMILES string of the molecule is COc1ccc(F)cc1-c1c(F)cnc2[nH]c(C3=CC4CCC(C3)N4CC(=O)N[C@H]3CC[C@H](O)CC3)cc12. The number of amides is 1. The molecule has 2 aromatic heterocycles. The van der Waals surface area contributed by atoms with Crippen molar-refractivity contribution in [3.05, 3.63) is 53.9 Å². The van der Waals surface area contributed by atoms with Gasteiger partial charge >= 0.3 is 0 Å². The van der Waals surface area contributed by atoms with Crippen LogP contribution >= 0.6 is 0 Å². The third kappa shape index (κ3) is 4.69. The van der Waals surface area contributed by atoms with E-state index >= 15 is 4.39 Å². The number of aliphatic hydroxyl groups excluding tert-OH is 1. The predicted molar refractivity (Wildman–Crippen MR) is 141 cm³/mol. The number of halogens is 2. The minimum atomic E-state index is -0.547. The summed E-state index contributed by atoms with van der Waals surface area (Å²) >= 11 is 0. The third-order valence-corrected chi connectivity index (χ3v) is 8.32. The molecule has 3 N–H and O–H groups in total. The fourth-order valence-electron chi connectivity index (χ4n) is 6.40. The second kappa shape index (κ2) is 10.1. The number of pyridine rings is 1. The molecule has 0 radical (unpaired) electrons. The fraction of sp³-hybridized carbons (Fsp3) is 0.448. The van der Waals surface area contributed by atoms with E-state index in [4.69, 9.17) is 4.74 Å². The number of aromatic amines is 1. The maximum atomic E-state index is 15.1. The summed E-state index contributed by atoms with van der Waals surface area (Å²) in [5, 5.41) is 13.4. The molecule has 2 aliphatic heterocycles. The number of hydrogen-bond acceptors (Lipinski definition) is 5. The van der Waals surface area contributed by atoms with Crippen molar-refractivity contribution >= 4 is 22.5 Å². The number of methoxy groups -OCH3 is 1. The van der Waals surface area contributed by atoms with Crippen molar-refractivity contribution < 1.29 is 23.4 Å². The van der Waals surface area contributed by atoms with Crippen molar-refractivity contribution in [3.63, 3.8) is 0 Å². The quantitative estimate of drug-likeness (QED) is 0.442. The second-order valence-electron chi connectivity index (χ2n) is 10.7. The molecule has 4 heterocycles. The molecule has 0 spiro atoms. The van der Waals surface area contributed by atoms with Crippen molar-refractivity contribution in [3.8, 4) is 16.9 Å². The minimum absolute atomic E-state index is 0.0408. The van der Waals surface area contributed by atoms with Crippen LogP contribution in [0.1, 0.15) is 50.6 Å². The Morgan fingerprint density at radius 2 is 2.00 bits per heavy atom. The maximum absolute atomic E-state index is 15.1. The molecule has 3 aromatic rings. The molecule has 1 saturated heterocycles.